The molecule has 5 nitrogen and oxygen atoms in total. The van der Waals surface area contributed by atoms with Crippen LogP contribution >= 0.6 is 11.8 Å². The van der Waals surface area contributed by atoms with E-state index in [1.54, 1.807) is 31.4 Å². The molecule has 0 radical (unpaired) electrons. The summed E-state index contributed by atoms with van der Waals surface area (Å²) in [5, 5.41) is 5.60. The van der Waals surface area contributed by atoms with Crippen LogP contribution in [0.4, 0.5) is 11.4 Å². The normalized spacial score (nSPS) is 11.4. The highest BCUT2D eigenvalue weighted by Gasteiger charge is 2.23. The number of aryl methyl sites for hydroxylation is 2. The number of anilines is 2. The molecular weight excluding hydrogens is 468 g/mol. The molecule has 0 aliphatic heterocycles. The Morgan fingerprint density at radius 3 is 2.11 bits per heavy atom. The molecule has 0 fully saturated rings. The van der Waals surface area contributed by atoms with Crippen LogP contribution in [-0.4, -0.2) is 18.9 Å². The first kappa shape index (κ1) is 25.1. The van der Waals surface area contributed by atoms with Gasteiger partial charge in [0.25, 0.3) is 5.91 Å². The van der Waals surface area contributed by atoms with Crippen LogP contribution in [0.5, 0.6) is 5.75 Å². The second-order valence-electron chi connectivity index (χ2n) is 8.38. The maximum Gasteiger partial charge on any atom is 0.255 e. The molecule has 1 atom stereocenters. The van der Waals surface area contributed by atoms with Crippen molar-refractivity contribution in [1.82, 2.24) is 0 Å². The van der Waals surface area contributed by atoms with Gasteiger partial charge in [0.2, 0.25) is 5.91 Å². The van der Waals surface area contributed by atoms with Crippen LogP contribution in [0.25, 0.3) is 0 Å². The van der Waals surface area contributed by atoms with Crippen molar-refractivity contribution in [2.45, 2.75) is 24.0 Å². The zero-order chi connectivity index (χ0) is 25.5. The summed E-state index contributed by atoms with van der Waals surface area (Å²) in [6.45, 7) is 3.98. The largest absolute Gasteiger partial charge is 0.497 e. The lowest BCUT2D eigenvalue weighted by Gasteiger charge is -2.19. The Morgan fingerprint density at radius 1 is 0.778 bits per heavy atom. The fourth-order valence-corrected chi connectivity index (χ4v) is 4.91. The number of thioether (sulfide) groups is 1. The molecule has 6 heteroatoms. The molecule has 0 saturated carbocycles. The van der Waals surface area contributed by atoms with Crippen molar-refractivity contribution in [3.05, 3.63) is 119 Å². The SMILES string of the molecule is COc1ccc(C(=O)Nc2cccc(SC(C(=O)Nc3c(C)cccc3C)c3ccccc3)c2)cc1. The van der Waals surface area contributed by atoms with Crippen LogP contribution in [0.1, 0.15) is 32.3 Å². The first-order valence-electron chi connectivity index (χ1n) is 11.6. The Hall–Kier alpha value is -4.03. The number of hydrogen-bond acceptors (Lipinski definition) is 4. The minimum absolute atomic E-state index is 0.101. The van der Waals surface area contributed by atoms with E-state index in [1.165, 1.54) is 11.8 Å². The number of methoxy groups -OCH3 is 1. The number of nitrogens with one attached hydrogen (secondary N) is 2. The Balaban J connectivity index is 1.55. The molecule has 0 aliphatic rings. The third-order valence-corrected chi connectivity index (χ3v) is 7.02. The number of carbonyl (C=O) groups excluding carboxylic acids is 2. The second kappa shape index (κ2) is 11.6. The average Bonchev–Trinajstić information content (AvgIpc) is 2.90. The molecule has 4 aromatic carbocycles. The highest BCUT2D eigenvalue weighted by molar-refractivity contribution is 8.00. The summed E-state index contributed by atoms with van der Waals surface area (Å²) in [6.07, 6.45) is 0. The number of benzene rings is 4. The van der Waals surface area contributed by atoms with E-state index in [0.717, 1.165) is 27.3 Å². The fraction of sp³-hybridized carbons (Fsp3) is 0.133. The van der Waals surface area contributed by atoms with Gasteiger partial charge in [-0.1, -0.05) is 54.6 Å². The maximum atomic E-state index is 13.5. The van der Waals surface area contributed by atoms with Crippen molar-refractivity contribution in [2.75, 3.05) is 17.7 Å². The van der Waals surface area contributed by atoms with Gasteiger partial charge >= 0.3 is 0 Å². The number of carbonyl (C=O) groups is 2. The molecular formula is C30H28N2O3S. The molecule has 2 N–H and O–H groups in total. The van der Waals surface area contributed by atoms with Gasteiger partial charge < -0.3 is 15.4 Å². The predicted molar refractivity (Wildman–Crippen MR) is 147 cm³/mol. The molecule has 36 heavy (non-hydrogen) atoms. The van der Waals surface area contributed by atoms with E-state index in [0.29, 0.717) is 17.0 Å². The van der Waals surface area contributed by atoms with E-state index >= 15 is 0 Å². The Morgan fingerprint density at radius 2 is 1.44 bits per heavy atom. The van der Waals surface area contributed by atoms with Crippen LogP contribution < -0.4 is 15.4 Å². The van der Waals surface area contributed by atoms with Gasteiger partial charge in [0.05, 0.1) is 7.11 Å². The summed E-state index contributed by atoms with van der Waals surface area (Å²) < 4.78 is 5.16. The maximum absolute atomic E-state index is 13.5. The zero-order valence-corrected chi connectivity index (χ0v) is 21.3. The van der Waals surface area contributed by atoms with Gasteiger partial charge in [0, 0.05) is 21.8 Å². The lowest BCUT2D eigenvalue weighted by molar-refractivity contribution is -0.115. The zero-order valence-electron chi connectivity index (χ0n) is 20.4. The monoisotopic (exact) mass is 496 g/mol. The smallest absolute Gasteiger partial charge is 0.255 e. The molecule has 0 aliphatic carbocycles. The van der Waals surface area contributed by atoms with Gasteiger partial charge in [-0.05, 0) is 73.0 Å². The van der Waals surface area contributed by atoms with Crippen molar-refractivity contribution in [3.63, 3.8) is 0 Å². The molecule has 0 heterocycles. The van der Waals surface area contributed by atoms with Crippen molar-refractivity contribution in [1.29, 1.82) is 0 Å². The summed E-state index contributed by atoms with van der Waals surface area (Å²) in [5.41, 5.74) is 4.96. The molecule has 182 valence electrons. The average molecular weight is 497 g/mol. The predicted octanol–water partition coefficient (Wildman–Crippen LogP) is 7.04. The number of hydrogen-bond donors (Lipinski definition) is 2. The van der Waals surface area contributed by atoms with E-state index in [9.17, 15) is 9.59 Å². The Labute approximate surface area is 215 Å². The van der Waals surface area contributed by atoms with Crippen LogP contribution in [0.2, 0.25) is 0 Å². The number of rotatable bonds is 8. The summed E-state index contributed by atoms with van der Waals surface area (Å²) in [4.78, 5) is 27.1. The van der Waals surface area contributed by atoms with Crippen molar-refractivity contribution in [2.24, 2.45) is 0 Å². The highest BCUT2D eigenvalue weighted by Crippen LogP contribution is 2.37. The lowest BCUT2D eigenvalue weighted by Crippen LogP contribution is -2.20. The van der Waals surface area contributed by atoms with Crippen LogP contribution in [0.15, 0.2) is 102 Å². The molecule has 0 saturated heterocycles. The Kier molecular flexibility index (Phi) is 8.08. The topological polar surface area (TPSA) is 67.4 Å². The third-order valence-electron chi connectivity index (χ3n) is 5.77. The summed E-state index contributed by atoms with van der Waals surface area (Å²) in [5.74, 6) is 0.375. The lowest BCUT2D eigenvalue weighted by atomic mass is 10.1. The van der Waals surface area contributed by atoms with Crippen molar-refractivity contribution < 1.29 is 14.3 Å². The first-order chi connectivity index (χ1) is 17.4. The van der Waals surface area contributed by atoms with Gasteiger partial charge in [0.15, 0.2) is 0 Å². The number of amides is 2. The van der Waals surface area contributed by atoms with Gasteiger partial charge in [-0.15, -0.1) is 11.8 Å². The minimum atomic E-state index is -0.474. The summed E-state index contributed by atoms with van der Waals surface area (Å²) >= 11 is 1.44. The van der Waals surface area contributed by atoms with E-state index in [-0.39, 0.29) is 11.8 Å². The third kappa shape index (κ3) is 6.15. The van der Waals surface area contributed by atoms with Gasteiger partial charge in [-0.2, -0.15) is 0 Å². The van der Waals surface area contributed by atoms with E-state index in [1.807, 2.05) is 86.6 Å². The molecule has 0 bridgehead atoms. The standard InChI is InChI=1S/C30H28N2O3S/c1-20-9-7-10-21(2)27(20)32-30(34)28(22-11-5-4-6-12-22)36-26-14-8-13-24(19-26)31-29(33)23-15-17-25(35-3)18-16-23/h4-19,28H,1-3H3,(H,31,33)(H,32,34). The molecule has 0 spiro atoms. The molecule has 4 aromatic rings. The Bertz CT molecular complexity index is 1330. The van der Waals surface area contributed by atoms with Gasteiger partial charge in [0.1, 0.15) is 11.0 Å². The number of para-hydroxylation sites is 1. The van der Waals surface area contributed by atoms with Crippen molar-refractivity contribution in [3.8, 4) is 5.75 Å². The summed E-state index contributed by atoms with van der Waals surface area (Å²) in [6, 6.07) is 30.1. The fourth-order valence-electron chi connectivity index (χ4n) is 3.83. The van der Waals surface area contributed by atoms with Gasteiger partial charge in [-0.25, -0.2) is 0 Å². The van der Waals surface area contributed by atoms with E-state index < -0.39 is 5.25 Å². The van der Waals surface area contributed by atoms with Crippen LogP contribution in [0, 0.1) is 13.8 Å². The molecule has 0 aromatic heterocycles. The van der Waals surface area contributed by atoms with Crippen LogP contribution in [-0.2, 0) is 4.79 Å². The molecule has 1 unspecified atom stereocenters. The first-order valence-corrected chi connectivity index (χ1v) is 12.5. The second-order valence-corrected chi connectivity index (χ2v) is 9.55. The highest BCUT2D eigenvalue weighted by atomic mass is 32.2. The minimum Gasteiger partial charge on any atom is -0.497 e. The number of ether oxygens (including phenoxy) is 1. The summed E-state index contributed by atoms with van der Waals surface area (Å²) in [7, 11) is 1.59. The van der Waals surface area contributed by atoms with Crippen molar-refractivity contribution >= 4 is 35.0 Å². The molecule has 4 rings (SSSR count). The van der Waals surface area contributed by atoms with Crippen LogP contribution in [0.3, 0.4) is 0 Å². The molecule has 2 amide bonds. The quantitative estimate of drug-likeness (QED) is 0.257. The van der Waals surface area contributed by atoms with E-state index in [2.05, 4.69) is 10.6 Å². The van der Waals surface area contributed by atoms with E-state index in [4.69, 9.17) is 4.74 Å². The van der Waals surface area contributed by atoms with Gasteiger partial charge in [-0.3, -0.25) is 9.59 Å².